The standard InChI is InChI=1S/C16H18N2O2/c1-11-5-3-4-6-15(11)12(2)17-10-14-8-7-13(9-18-14)16(19)20/h3-9,12,17H,10H2,1-2H3,(H,19,20)/t12-/m0/s1. The van der Waals surface area contributed by atoms with Crippen molar-refractivity contribution in [2.24, 2.45) is 0 Å². The molecule has 0 amide bonds. The molecule has 0 bridgehead atoms. The van der Waals surface area contributed by atoms with Gasteiger partial charge in [-0.1, -0.05) is 24.3 Å². The first-order chi connectivity index (χ1) is 9.58. The van der Waals surface area contributed by atoms with E-state index in [-0.39, 0.29) is 11.6 Å². The average molecular weight is 270 g/mol. The maximum Gasteiger partial charge on any atom is 0.337 e. The Balaban J connectivity index is 1.98. The van der Waals surface area contributed by atoms with E-state index in [0.717, 1.165) is 5.69 Å². The van der Waals surface area contributed by atoms with Gasteiger partial charge in [0.1, 0.15) is 0 Å². The molecule has 0 aliphatic rings. The third-order valence-electron chi connectivity index (χ3n) is 3.32. The van der Waals surface area contributed by atoms with E-state index in [1.807, 2.05) is 12.1 Å². The van der Waals surface area contributed by atoms with E-state index in [9.17, 15) is 4.79 Å². The van der Waals surface area contributed by atoms with Crippen molar-refractivity contribution in [3.63, 3.8) is 0 Å². The summed E-state index contributed by atoms with van der Waals surface area (Å²) >= 11 is 0. The van der Waals surface area contributed by atoms with E-state index >= 15 is 0 Å². The third kappa shape index (κ3) is 3.42. The van der Waals surface area contributed by atoms with Crippen LogP contribution in [0.5, 0.6) is 0 Å². The minimum absolute atomic E-state index is 0.209. The van der Waals surface area contributed by atoms with Gasteiger partial charge in [0, 0.05) is 18.8 Å². The molecule has 0 unspecified atom stereocenters. The van der Waals surface area contributed by atoms with Crippen molar-refractivity contribution in [3.05, 3.63) is 65.0 Å². The van der Waals surface area contributed by atoms with Crippen molar-refractivity contribution >= 4 is 5.97 Å². The van der Waals surface area contributed by atoms with Crippen LogP contribution in [0.3, 0.4) is 0 Å². The van der Waals surface area contributed by atoms with E-state index in [2.05, 4.69) is 36.3 Å². The van der Waals surface area contributed by atoms with Crippen LogP contribution in [0.2, 0.25) is 0 Å². The number of aromatic nitrogens is 1. The number of rotatable bonds is 5. The number of aromatic carboxylic acids is 1. The van der Waals surface area contributed by atoms with Gasteiger partial charge in [0.2, 0.25) is 0 Å². The van der Waals surface area contributed by atoms with Crippen molar-refractivity contribution in [3.8, 4) is 0 Å². The lowest BCUT2D eigenvalue weighted by atomic mass is 10.0. The highest BCUT2D eigenvalue weighted by Gasteiger charge is 2.08. The van der Waals surface area contributed by atoms with Gasteiger partial charge in [-0.15, -0.1) is 0 Å². The summed E-state index contributed by atoms with van der Waals surface area (Å²) in [4.78, 5) is 14.9. The summed E-state index contributed by atoms with van der Waals surface area (Å²) in [5.74, 6) is -0.953. The molecule has 4 heteroatoms. The lowest BCUT2D eigenvalue weighted by Crippen LogP contribution is -2.19. The molecule has 2 N–H and O–H groups in total. The van der Waals surface area contributed by atoms with Crippen LogP contribution in [-0.4, -0.2) is 16.1 Å². The smallest absolute Gasteiger partial charge is 0.337 e. The van der Waals surface area contributed by atoms with E-state index < -0.39 is 5.97 Å². The van der Waals surface area contributed by atoms with Crippen LogP contribution in [0.25, 0.3) is 0 Å². The van der Waals surface area contributed by atoms with E-state index in [0.29, 0.717) is 6.54 Å². The highest BCUT2D eigenvalue weighted by Crippen LogP contribution is 2.16. The summed E-state index contributed by atoms with van der Waals surface area (Å²) in [7, 11) is 0. The molecule has 2 aromatic rings. The Morgan fingerprint density at radius 3 is 2.65 bits per heavy atom. The van der Waals surface area contributed by atoms with Crippen molar-refractivity contribution in [2.75, 3.05) is 0 Å². The maximum absolute atomic E-state index is 10.7. The normalized spacial score (nSPS) is 12.1. The molecule has 20 heavy (non-hydrogen) atoms. The Morgan fingerprint density at radius 2 is 2.05 bits per heavy atom. The van der Waals surface area contributed by atoms with Gasteiger partial charge in [0.25, 0.3) is 0 Å². The summed E-state index contributed by atoms with van der Waals surface area (Å²) in [6.45, 7) is 4.80. The van der Waals surface area contributed by atoms with Crippen LogP contribution < -0.4 is 5.32 Å². The summed E-state index contributed by atoms with van der Waals surface area (Å²) in [6.07, 6.45) is 1.39. The first kappa shape index (κ1) is 14.2. The number of hydrogen-bond donors (Lipinski definition) is 2. The number of aryl methyl sites for hydroxylation is 1. The lowest BCUT2D eigenvalue weighted by Gasteiger charge is -2.16. The van der Waals surface area contributed by atoms with Gasteiger partial charge in [0.05, 0.1) is 11.3 Å². The number of carboxylic acid groups (broad SMARTS) is 1. The molecular weight excluding hydrogens is 252 g/mol. The zero-order chi connectivity index (χ0) is 14.5. The molecule has 4 nitrogen and oxygen atoms in total. The van der Waals surface area contributed by atoms with E-state index in [1.54, 1.807) is 12.1 Å². The molecule has 1 atom stereocenters. The van der Waals surface area contributed by atoms with Crippen LogP contribution in [0.4, 0.5) is 0 Å². The average Bonchev–Trinajstić information content (AvgIpc) is 2.45. The largest absolute Gasteiger partial charge is 0.478 e. The van der Waals surface area contributed by atoms with Crippen molar-refractivity contribution in [1.29, 1.82) is 0 Å². The molecule has 0 radical (unpaired) electrons. The quantitative estimate of drug-likeness (QED) is 0.877. The lowest BCUT2D eigenvalue weighted by molar-refractivity contribution is 0.0696. The summed E-state index contributed by atoms with van der Waals surface area (Å²) in [5, 5.41) is 12.2. The minimum atomic E-state index is -0.953. The fourth-order valence-electron chi connectivity index (χ4n) is 2.10. The molecular formula is C16H18N2O2. The second-order valence-corrected chi connectivity index (χ2v) is 4.80. The van der Waals surface area contributed by atoms with Crippen LogP contribution in [0, 0.1) is 6.92 Å². The van der Waals surface area contributed by atoms with E-state index in [4.69, 9.17) is 5.11 Å². The zero-order valence-corrected chi connectivity index (χ0v) is 11.6. The number of pyridine rings is 1. The Bertz CT molecular complexity index is 594. The third-order valence-corrected chi connectivity index (χ3v) is 3.32. The number of carbonyl (C=O) groups is 1. The van der Waals surface area contributed by atoms with Gasteiger partial charge in [-0.25, -0.2) is 4.79 Å². The summed E-state index contributed by atoms with van der Waals surface area (Å²) in [6, 6.07) is 11.8. The first-order valence-electron chi connectivity index (χ1n) is 6.55. The van der Waals surface area contributed by atoms with Crippen LogP contribution in [0.1, 0.15) is 40.1 Å². The highest BCUT2D eigenvalue weighted by atomic mass is 16.4. The Hall–Kier alpha value is -2.20. The molecule has 1 aromatic heterocycles. The first-order valence-corrected chi connectivity index (χ1v) is 6.55. The van der Waals surface area contributed by atoms with Crippen molar-refractivity contribution in [1.82, 2.24) is 10.3 Å². The van der Waals surface area contributed by atoms with E-state index in [1.165, 1.54) is 17.3 Å². The van der Waals surface area contributed by atoms with Crippen molar-refractivity contribution in [2.45, 2.75) is 26.4 Å². The topological polar surface area (TPSA) is 62.2 Å². The van der Waals surface area contributed by atoms with Gasteiger partial charge in [-0.05, 0) is 37.1 Å². The zero-order valence-electron chi connectivity index (χ0n) is 11.6. The van der Waals surface area contributed by atoms with Crippen LogP contribution in [-0.2, 0) is 6.54 Å². The molecule has 0 spiro atoms. The molecule has 0 aliphatic heterocycles. The predicted octanol–water partition coefficient (Wildman–Crippen LogP) is 2.94. The second-order valence-electron chi connectivity index (χ2n) is 4.80. The number of nitrogens with one attached hydrogen (secondary N) is 1. The fraction of sp³-hybridized carbons (Fsp3) is 0.250. The SMILES string of the molecule is Cc1ccccc1[C@H](C)NCc1ccc(C(=O)O)cn1. The summed E-state index contributed by atoms with van der Waals surface area (Å²) in [5.41, 5.74) is 3.55. The number of hydrogen-bond acceptors (Lipinski definition) is 3. The monoisotopic (exact) mass is 270 g/mol. The molecule has 1 aromatic carbocycles. The molecule has 0 aliphatic carbocycles. The Labute approximate surface area is 118 Å². The van der Waals surface area contributed by atoms with Crippen molar-refractivity contribution < 1.29 is 9.90 Å². The van der Waals surface area contributed by atoms with Gasteiger partial charge >= 0.3 is 5.97 Å². The van der Waals surface area contributed by atoms with Crippen LogP contribution in [0.15, 0.2) is 42.6 Å². The Kier molecular flexibility index (Phi) is 4.48. The highest BCUT2D eigenvalue weighted by molar-refractivity contribution is 5.87. The molecule has 104 valence electrons. The minimum Gasteiger partial charge on any atom is -0.478 e. The summed E-state index contributed by atoms with van der Waals surface area (Å²) < 4.78 is 0. The molecule has 2 rings (SSSR count). The predicted molar refractivity (Wildman–Crippen MR) is 77.6 cm³/mol. The fourth-order valence-corrected chi connectivity index (χ4v) is 2.10. The number of carboxylic acids is 1. The second kappa shape index (κ2) is 6.30. The van der Waals surface area contributed by atoms with Gasteiger partial charge in [-0.3, -0.25) is 4.98 Å². The molecule has 0 fully saturated rings. The Morgan fingerprint density at radius 1 is 1.30 bits per heavy atom. The van der Waals surface area contributed by atoms with Gasteiger partial charge in [-0.2, -0.15) is 0 Å². The van der Waals surface area contributed by atoms with Gasteiger partial charge in [0.15, 0.2) is 0 Å². The molecule has 0 saturated carbocycles. The van der Waals surface area contributed by atoms with Crippen LogP contribution >= 0.6 is 0 Å². The number of benzene rings is 1. The van der Waals surface area contributed by atoms with Gasteiger partial charge < -0.3 is 10.4 Å². The number of nitrogens with zero attached hydrogens (tertiary/aromatic N) is 1. The molecule has 1 heterocycles. The molecule has 0 saturated heterocycles. The maximum atomic E-state index is 10.7.